The van der Waals surface area contributed by atoms with Crippen molar-refractivity contribution in [1.29, 1.82) is 0 Å². The molecule has 0 bridgehead atoms. The van der Waals surface area contributed by atoms with Gasteiger partial charge in [-0.2, -0.15) is 4.39 Å². The van der Waals surface area contributed by atoms with Crippen LogP contribution >= 0.6 is 0 Å². The quantitative estimate of drug-likeness (QED) is 0.262. The van der Waals surface area contributed by atoms with Gasteiger partial charge in [-0.05, 0) is 85.9 Å². The summed E-state index contributed by atoms with van der Waals surface area (Å²) in [6.45, 7) is 6.42. The number of ether oxygens (including phenoxy) is 2. The van der Waals surface area contributed by atoms with Crippen molar-refractivity contribution in [3.05, 3.63) is 84.7 Å². The molecule has 0 saturated heterocycles. The van der Waals surface area contributed by atoms with Gasteiger partial charge in [-0.3, -0.25) is 0 Å². The van der Waals surface area contributed by atoms with E-state index in [0.29, 0.717) is 23.7 Å². The molecule has 0 aromatic heterocycles. The third kappa shape index (κ3) is 6.13. The van der Waals surface area contributed by atoms with E-state index in [9.17, 15) is 13.2 Å². The van der Waals surface area contributed by atoms with E-state index in [-0.39, 0.29) is 23.5 Å². The van der Waals surface area contributed by atoms with E-state index in [2.05, 4.69) is 6.58 Å². The molecule has 1 aliphatic rings. The van der Waals surface area contributed by atoms with Crippen molar-refractivity contribution >= 4 is 0 Å². The molecule has 5 heteroatoms. The Hall–Kier alpha value is -3.21. The minimum Gasteiger partial charge on any atom is -0.493 e. The number of rotatable bonds is 10. The van der Waals surface area contributed by atoms with Crippen LogP contribution in [0.2, 0.25) is 0 Å². The lowest BCUT2D eigenvalue weighted by atomic mass is 9.80. The smallest absolute Gasteiger partial charge is 0.201 e. The first-order valence-electron chi connectivity index (χ1n) is 12.7. The normalized spacial score (nSPS) is 17.6. The third-order valence-electron chi connectivity index (χ3n) is 7.02. The van der Waals surface area contributed by atoms with Gasteiger partial charge in [0, 0.05) is 11.1 Å². The van der Waals surface area contributed by atoms with E-state index in [4.69, 9.17) is 9.47 Å². The van der Waals surface area contributed by atoms with Crippen LogP contribution in [0.1, 0.15) is 45.4 Å². The number of hydrogen-bond acceptors (Lipinski definition) is 2. The largest absolute Gasteiger partial charge is 0.493 e. The molecule has 0 heterocycles. The molecule has 0 unspecified atom stereocenters. The molecule has 1 saturated carbocycles. The first-order valence-corrected chi connectivity index (χ1v) is 12.7. The average Bonchev–Trinajstić information content (AvgIpc) is 2.90. The second-order valence-corrected chi connectivity index (χ2v) is 9.46. The molecular formula is C31H33F3O2. The molecule has 36 heavy (non-hydrogen) atoms. The van der Waals surface area contributed by atoms with Gasteiger partial charge in [-0.1, -0.05) is 43.2 Å². The maximum atomic E-state index is 15.0. The topological polar surface area (TPSA) is 18.5 Å². The molecule has 1 fully saturated rings. The maximum absolute atomic E-state index is 15.0. The van der Waals surface area contributed by atoms with E-state index in [0.717, 1.165) is 18.1 Å². The Balaban J connectivity index is 1.38. The van der Waals surface area contributed by atoms with E-state index in [1.165, 1.54) is 50.3 Å². The van der Waals surface area contributed by atoms with E-state index in [1.807, 2.05) is 30.3 Å². The molecule has 1 aliphatic carbocycles. The summed E-state index contributed by atoms with van der Waals surface area (Å²) in [6.07, 6.45) is 9.22. The van der Waals surface area contributed by atoms with E-state index < -0.39 is 17.5 Å². The molecule has 0 amide bonds. The fourth-order valence-electron chi connectivity index (χ4n) is 4.92. The summed E-state index contributed by atoms with van der Waals surface area (Å²) in [5, 5.41) is 0. The molecule has 0 aliphatic heterocycles. The van der Waals surface area contributed by atoms with Gasteiger partial charge in [0.2, 0.25) is 5.82 Å². The fourth-order valence-corrected chi connectivity index (χ4v) is 4.92. The van der Waals surface area contributed by atoms with Gasteiger partial charge >= 0.3 is 0 Å². The lowest BCUT2D eigenvalue weighted by Gasteiger charge is -2.28. The van der Waals surface area contributed by atoms with Gasteiger partial charge in [-0.15, -0.1) is 6.58 Å². The molecule has 0 atom stereocenters. The number of hydrogen-bond donors (Lipinski definition) is 0. The number of halogens is 3. The predicted molar refractivity (Wildman–Crippen MR) is 139 cm³/mol. The summed E-state index contributed by atoms with van der Waals surface area (Å²) >= 11 is 0. The van der Waals surface area contributed by atoms with Gasteiger partial charge < -0.3 is 9.47 Å². The predicted octanol–water partition coefficient (Wildman–Crippen LogP) is 8.99. The van der Waals surface area contributed by atoms with Crippen LogP contribution in [0.15, 0.2) is 67.3 Å². The van der Waals surface area contributed by atoms with Gasteiger partial charge in [0.25, 0.3) is 0 Å². The average molecular weight is 495 g/mol. The molecule has 4 rings (SSSR count). The van der Waals surface area contributed by atoms with Crippen LogP contribution in [0.3, 0.4) is 0 Å². The summed E-state index contributed by atoms with van der Waals surface area (Å²) < 4.78 is 54.9. The summed E-state index contributed by atoms with van der Waals surface area (Å²) in [5.74, 6) is -0.656. The second kappa shape index (κ2) is 12.2. The Kier molecular flexibility index (Phi) is 8.74. The highest BCUT2D eigenvalue weighted by Gasteiger charge is 2.21. The van der Waals surface area contributed by atoms with Crippen LogP contribution in [0, 0.1) is 29.3 Å². The van der Waals surface area contributed by atoms with Gasteiger partial charge in [0.1, 0.15) is 11.6 Å². The van der Waals surface area contributed by atoms with Crippen LogP contribution in [-0.2, 0) is 0 Å². The van der Waals surface area contributed by atoms with Gasteiger partial charge in [0.05, 0.1) is 13.2 Å². The maximum Gasteiger partial charge on any atom is 0.201 e. The third-order valence-corrected chi connectivity index (χ3v) is 7.02. The lowest BCUT2D eigenvalue weighted by molar-refractivity contribution is 0.179. The minimum absolute atomic E-state index is 0.0140. The van der Waals surface area contributed by atoms with Crippen LogP contribution in [0.4, 0.5) is 13.2 Å². The van der Waals surface area contributed by atoms with Crippen molar-refractivity contribution in [2.24, 2.45) is 11.8 Å². The zero-order valence-electron chi connectivity index (χ0n) is 20.7. The van der Waals surface area contributed by atoms with Gasteiger partial charge in [0.15, 0.2) is 11.6 Å². The first-order chi connectivity index (χ1) is 17.5. The van der Waals surface area contributed by atoms with Crippen molar-refractivity contribution in [3.8, 4) is 33.8 Å². The van der Waals surface area contributed by atoms with Crippen LogP contribution in [-0.4, -0.2) is 13.2 Å². The van der Waals surface area contributed by atoms with Crippen LogP contribution in [0.25, 0.3) is 22.3 Å². The monoisotopic (exact) mass is 494 g/mol. The highest BCUT2D eigenvalue weighted by atomic mass is 19.2. The van der Waals surface area contributed by atoms with E-state index >= 15 is 0 Å². The highest BCUT2D eigenvalue weighted by molar-refractivity contribution is 5.72. The first kappa shape index (κ1) is 25.9. The van der Waals surface area contributed by atoms with Crippen LogP contribution < -0.4 is 9.47 Å². The molecule has 190 valence electrons. The Morgan fingerprint density at radius 2 is 1.47 bits per heavy atom. The standard InChI is InChI=1S/C31H33F3O2/c1-3-5-6-21-7-9-22(10-8-21)20-36-25-14-11-23(12-15-25)26-16-13-24(19-28(26)32)27-17-18-29(35-4-2)31(34)30(27)33/h3,11-19,21-22H,1,4-10,20H2,2H3. The number of benzene rings is 3. The van der Waals surface area contributed by atoms with Crippen molar-refractivity contribution in [1.82, 2.24) is 0 Å². The Labute approximate surface area is 211 Å². The molecule has 2 nitrogen and oxygen atoms in total. The zero-order chi connectivity index (χ0) is 25.5. The molecule has 0 spiro atoms. The lowest BCUT2D eigenvalue weighted by Crippen LogP contribution is -2.20. The van der Waals surface area contributed by atoms with Crippen molar-refractivity contribution in [2.45, 2.75) is 45.4 Å². The van der Waals surface area contributed by atoms with Gasteiger partial charge in [-0.25, -0.2) is 8.78 Å². The van der Waals surface area contributed by atoms with Crippen LogP contribution in [0.5, 0.6) is 11.5 Å². The molecule has 3 aromatic rings. The Bertz CT molecular complexity index is 1170. The van der Waals surface area contributed by atoms with Crippen molar-refractivity contribution in [3.63, 3.8) is 0 Å². The minimum atomic E-state index is -1.07. The summed E-state index contributed by atoms with van der Waals surface area (Å²) in [4.78, 5) is 0. The Morgan fingerprint density at radius 3 is 2.14 bits per heavy atom. The molecular weight excluding hydrogens is 461 g/mol. The highest BCUT2D eigenvalue weighted by Crippen LogP contribution is 2.34. The van der Waals surface area contributed by atoms with E-state index in [1.54, 1.807) is 19.1 Å². The molecule has 0 radical (unpaired) electrons. The number of allylic oxidation sites excluding steroid dienone is 1. The molecule has 3 aromatic carbocycles. The van der Waals surface area contributed by atoms with Crippen molar-refractivity contribution < 1.29 is 22.6 Å². The summed E-state index contributed by atoms with van der Waals surface area (Å²) in [7, 11) is 0. The van der Waals surface area contributed by atoms with Crippen molar-refractivity contribution in [2.75, 3.05) is 13.2 Å². The molecule has 0 N–H and O–H groups in total. The summed E-state index contributed by atoms with van der Waals surface area (Å²) in [6, 6.07) is 14.5. The SMILES string of the molecule is C=CCCC1CCC(COc2ccc(-c3ccc(-c4ccc(OCC)c(F)c4F)cc3F)cc2)CC1. The summed E-state index contributed by atoms with van der Waals surface area (Å²) in [5.41, 5.74) is 1.32. The fraction of sp³-hybridized carbons (Fsp3) is 0.355. The second-order valence-electron chi connectivity index (χ2n) is 9.46. The zero-order valence-corrected chi connectivity index (χ0v) is 20.7. The Morgan fingerprint density at radius 1 is 0.806 bits per heavy atom.